The van der Waals surface area contributed by atoms with Crippen molar-refractivity contribution in [1.29, 1.82) is 0 Å². The van der Waals surface area contributed by atoms with Crippen LogP contribution >= 0.6 is 11.6 Å². The van der Waals surface area contributed by atoms with Gasteiger partial charge in [-0.05, 0) is 172 Å². The number of benzene rings is 8. The lowest BCUT2D eigenvalue weighted by atomic mass is 10.0. The first-order valence-corrected chi connectivity index (χ1v) is 35.0. The lowest BCUT2D eigenvalue weighted by Gasteiger charge is -2.34. The molecule has 4 fully saturated rings. The van der Waals surface area contributed by atoms with Crippen LogP contribution < -0.4 is 37.2 Å². The van der Waals surface area contributed by atoms with E-state index in [1.165, 1.54) is 29.3 Å². The second-order valence-corrected chi connectivity index (χ2v) is 26.3. The maximum atomic E-state index is 12.9. The Kier molecular flexibility index (Phi) is 28.7. The van der Waals surface area contributed by atoms with Gasteiger partial charge in [0, 0.05) is 135 Å². The fraction of sp³-hybridized carbons (Fsp3) is 0.316. The van der Waals surface area contributed by atoms with Crippen LogP contribution in [0.3, 0.4) is 0 Å². The number of halogens is 7. The largest absolute Gasteiger partial charge is 0.416 e. The molecule has 0 unspecified atom stereocenters. The number of urea groups is 3. The average Bonchev–Trinajstić information content (AvgIpc) is 1.23. The first kappa shape index (κ1) is 77.9. The summed E-state index contributed by atoms with van der Waals surface area (Å²) in [5.74, 6) is -0.283. The third-order valence-corrected chi connectivity index (χ3v) is 18.1. The van der Waals surface area contributed by atoms with Gasteiger partial charge in [-0.15, -0.1) is 0 Å². The fourth-order valence-electron chi connectivity index (χ4n) is 12.2. The van der Waals surface area contributed by atoms with Gasteiger partial charge in [0.2, 0.25) is 5.91 Å². The second-order valence-electron chi connectivity index (χ2n) is 25.9. The topological polar surface area (TPSA) is 203 Å². The van der Waals surface area contributed by atoms with Crippen LogP contribution in [0.15, 0.2) is 206 Å². The number of amides is 9. The Labute approximate surface area is 607 Å². The minimum absolute atomic E-state index is 0.0307. The summed E-state index contributed by atoms with van der Waals surface area (Å²) in [5.41, 5.74) is 6.11. The predicted octanol–water partition coefficient (Wildman–Crippen LogP) is 15.9. The number of rotatable bonds is 15. The number of anilines is 5. The van der Waals surface area contributed by atoms with Crippen LogP contribution in [0.2, 0.25) is 5.02 Å². The van der Waals surface area contributed by atoms with Gasteiger partial charge in [-0.1, -0.05) is 121 Å². The molecule has 8 aromatic carbocycles. The molecular formula is C79H87ClF6N12O6. The molecule has 0 aromatic heterocycles. The van der Waals surface area contributed by atoms with Crippen molar-refractivity contribution in [2.45, 2.75) is 89.9 Å². The highest BCUT2D eigenvalue weighted by atomic mass is 35.5. The highest BCUT2D eigenvalue weighted by Gasteiger charge is 2.33. The zero-order valence-corrected chi connectivity index (χ0v) is 58.8. The predicted molar refractivity (Wildman–Crippen MR) is 396 cm³/mol. The van der Waals surface area contributed by atoms with Crippen molar-refractivity contribution in [3.8, 4) is 0 Å². The highest BCUT2D eigenvalue weighted by molar-refractivity contribution is 6.30. The van der Waals surface area contributed by atoms with E-state index < -0.39 is 29.5 Å². The zero-order valence-electron chi connectivity index (χ0n) is 58.1. The Morgan fingerprint density at radius 3 is 1.38 bits per heavy atom. The zero-order chi connectivity index (χ0) is 74.0. The third kappa shape index (κ3) is 25.6. The van der Waals surface area contributed by atoms with Crippen LogP contribution in [0.5, 0.6) is 0 Å². The van der Waals surface area contributed by atoms with E-state index in [-0.39, 0.29) is 59.8 Å². The lowest BCUT2D eigenvalue weighted by Crippen LogP contribution is -2.48. The summed E-state index contributed by atoms with van der Waals surface area (Å²) in [6, 6.07) is 58.3. The van der Waals surface area contributed by atoms with Gasteiger partial charge >= 0.3 is 30.4 Å². The molecule has 0 saturated carbocycles. The van der Waals surface area contributed by atoms with Crippen LogP contribution in [0.1, 0.15) is 92.6 Å². The van der Waals surface area contributed by atoms with E-state index >= 15 is 0 Å². The maximum absolute atomic E-state index is 12.9. The van der Waals surface area contributed by atoms with Crippen LogP contribution in [-0.2, 0) is 30.2 Å². The molecule has 12 rings (SSSR count). The molecule has 4 aliphatic heterocycles. The molecule has 25 heteroatoms. The normalized spacial score (nSPS) is 15.2. The van der Waals surface area contributed by atoms with E-state index in [1.807, 2.05) is 108 Å². The number of carbonyl (C=O) groups is 6. The van der Waals surface area contributed by atoms with Crippen LogP contribution in [0.25, 0.3) is 0 Å². The van der Waals surface area contributed by atoms with Crippen LogP contribution in [0.4, 0.5) is 69.2 Å². The molecule has 4 saturated heterocycles. The van der Waals surface area contributed by atoms with E-state index in [0.717, 1.165) is 139 Å². The minimum Gasteiger partial charge on any atom is -0.339 e. The van der Waals surface area contributed by atoms with E-state index in [2.05, 4.69) is 83.4 Å². The smallest absolute Gasteiger partial charge is 0.339 e. The van der Waals surface area contributed by atoms with Gasteiger partial charge in [0.25, 0.3) is 11.8 Å². The summed E-state index contributed by atoms with van der Waals surface area (Å²) < 4.78 is 76.8. The number of likely N-dealkylation sites (tertiary alicyclic amines) is 3. The summed E-state index contributed by atoms with van der Waals surface area (Å²) in [5, 5.41) is 19.9. The Morgan fingerprint density at radius 2 is 0.846 bits per heavy atom. The van der Waals surface area contributed by atoms with Crippen molar-refractivity contribution in [2.24, 2.45) is 0 Å². The molecule has 4 heterocycles. The SMILES string of the molecule is Cc1ccc(C(F)(F)F)cc1NC(=O)CN1CCN(Cc2ccccc2)CC1.Cc1cccc(NC(=O)NC2CCN(C(=O)c3ccccc3)CC2)c1.O=C(Nc1ccc(C(=O)N2CCCC2)cc1)Nc1cccc(C(F)(F)F)c1.O=C(Nc1cccc(Cl)c1)NC1CCN(Cc2ccccc2)CC1. The molecule has 4 aliphatic rings. The number of aryl methyl sites for hydroxylation is 2. The number of piperidine rings is 2. The number of piperazine rings is 1. The van der Waals surface area contributed by atoms with Gasteiger partial charge < -0.3 is 47.0 Å². The number of nitrogens with zero attached hydrogens (tertiary/aromatic N) is 5. The molecule has 0 spiro atoms. The van der Waals surface area contributed by atoms with Gasteiger partial charge in [-0.2, -0.15) is 26.3 Å². The number of alkyl halides is 6. The van der Waals surface area contributed by atoms with Gasteiger partial charge in [-0.3, -0.25) is 29.1 Å². The quantitative estimate of drug-likeness (QED) is 0.0488. The Balaban J connectivity index is 0.000000161. The standard InChI is InChI=1S/C21H24F3N3O.C20H23N3O2.C19H22ClN3O.C19H18F3N3O2/c1-16-7-8-18(21(22,23)24)13-19(16)25-20(28)15-27-11-9-26(10-12-27)14-17-5-3-2-4-6-17;1-15-6-5-9-18(14-15)22-20(25)21-17-10-12-23(13-11-17)19(24)16-7-3-2-4-8-16;20-16-7-4-8-18(13-16)22-19(24)21-17-9-11-23(12-10-17)14-15-5-2-1-3-6-15;20-19(21,22)14-4-3-5-16(12-14)24-18(27)23-15-8-6-13(7-9-15)17(26)25-10-1-2-11-25/h2-8,13H,9-12,14-15H2,1H3,(H,25,28);2-9,14,17H,10-13H2,1H3,(H2,21,22,25);1-8,13,17H,9-12,14H2,(H2,21,22,24);3-9,12H,1-2,10-11H2,(H2,23,24,27). The molecule has 7 N–H and O–H groups in total. The van der Waals surface area contributed by atoms with Crippen molar-refractivity contribution in [3.63, 3.8) is 0 Å². The molecule has 0 atom stereocenters. The Morgan fingerprint density at radius 1 is 0.404 bits per heavy atom. The van der Waals surface area contributed by atoms with Crippen molar-refractivity contribution in [1.82, 2.24) is 35.1 Å². The van der Waals surface area contributed by atoms with Crippen LogP contribution in [-0.4, -0.2) is 144 Å². The summed E-state index contributed by atoms with van der Waals surface area (Å²) in [6.07, 6.45) is -3.44. The van der Waals surface area contributed by atoms with Gasteiger partial charge in [0.05, 0.1) is 17.7 Å². The summed E-state index contributed by atoms with van der Waals surface area (Å²) in [7, 11) is 0. The van der Waals surface area contributed by atoms with Gasteiger partial charge in [0.15, 0.2) is 0 Å². The van der Waals surface area contributed by atoms with Crippen molar-refractivity contribution >= 4 is 75.9 Å². The summed E-state index contributed by atoms with van der Waals surface area (Å²) in [6.45, 7) is 13.7. The summed E-state index contributed by atoms with van der Waals surface area (Å²) >= 11 is 5.93. The monoisotopic (exact) mass is 1450 g/mol. The number of hydrogen-bond acceptors (Lipinski definition) is 9. The van der Waals surface area contributed by atoms with Crippen molar-refractivity contribution in [2.75, 3.05) is 98.6 Å². The third-order valence-electron chi connectivity index (χ3n) is 17.8. The number of nitrogens with one attached hydrogen (secondary N) is 7. The molecule has 0 bridgehead atoms. The Bertz CT molecular complexity index is 4090. The van der Waals surface area contributed by atoms with E-state index in [1.54, 1.807) is 48.2 Å². The molecule has 18 nitrogen and oxygen atoms in total. The van der Waals surface area contributed by atoms with Crippen molar-refractivity contribution < 1.29 is 55.1 Å². The van der Waals surface area contributed by atoms with E-state index in [4.69, 9.17) is 11.6 Å². The first-order chi connectivity index (χ1) is 49.9. The number of hydrogen-bond donors (Lipinski definition) is 7. The molecular weight excluding hydrogens is 1360 g/mol. The second kappa shape index (κ2) is 38.3. The van der Waals surface area contributed by atoms with Gasteiger partial charge in [0.1, 0.15) is 0 Å². The highest BCUT2D eigenvalue weighted by Crippen LogP contribution is 2.33. The fourth-order valence-corrected chi connectivity index (χ4v) is 12.4. The first-order valence-electron chi connectivity index (χ1n) is 34.6. The van der Waals surface area contributed by atoms with E-state index in [9.17, 15) is 55.1 Å². The maximum Gasteiger partial charge on any atom is 0.416 e. The molecule has 0 radical (unpaired) electrons. The van der Waals surface area contributed by atoms with E-state index in [0.29, 0.717) is 46.2 Å². The van der Waals surface area contributed by atoms with Gasteiger partial charge in [-0.25, -0.2) is 14.4 Å². The minimum atomic E-state index is -4.48. The molecule has 0 aliphatic carbocycles. The molecule has 9 amide bonds. The molecule has 548 valence electrons. The molecule has 8 aromatic rings. The van der Waals surface area contributed by atoms with Crippen LogP contribution in [0, 0.1) is 13.8 Å². The number of carbonyl (C=O) groups excluding carboxylic acids is 6. The lowest BCUT2D eigenvalue weighted by molar-refractivity contribution is -0.138. The molecule has 104 heavy (non-hydrogen) atoms. The summed E-state index contributed by atoms with van der Waals surface area (Å²) in [4.78, 5) is 83.6. The average molecular weight is 1450 g/mol. The van der Waals surface area contributed by atoms with Crippen molar-refractivity contribution in [3.05, 3.63) is 256 Å². The Hall–Kier alpha value is -10.3.